The molecule has 0 spiro atoms. The van der Waals surface area contributed by atoms with Crippen LogP contribution in [0.4, 0.5) is 4.39 Å². The van der Waals surface area contributed by atoms with Crippen LogP contribution in [-0.2, 0) is 6.54 Å². The van der Waals surface area contributed by atoms with Crippen molar-refractivity contribution in [1.29, 1.82) is 0 Å². The Morgan fingerprint density at radius 1 is 1.32 bits per heavy atom. The van der Waals surface area contributed by atoms with Crippen molar-refractivity contribution >= 4 is 11.8 Å². The highest BCUT2D eigenvalue weighted by Gasteiger charge is 2.17. The van der Waals surface area contributed by atoms with Gasteiger partial charge in [-0.15, -0.1) is 11.8 Å². The van der Waals surface area contributed by atoms with Crippen LogP contribution in [0.25, 0.3) is 0 Å². The second kappa shape index (κ2) is 7.91. The lowest BCUT2D eigenvalue weighted by atomic mass is 10.1. The number of benzene rings is 1. The van der Waals surface area contributed by atoms with E-state index in [1.54, 1.807) is 17.8 Å². The van der Waals surface area contributed by atoms with Gasteiger partial charge < -0.3 is 5.32 Å². The zero-order valence-corrected chi connectivity index (χ0v) is 12.6. The van der Waals surface area contributed by atoms with Crippen LogP contribution < -0.4 is 5.32 Å². The smallest absolute Gasteiger partial charge is 0.137 e. The molecule has 2 rings (SSSR count). The third-order valence-corrected chi connectivity index (χ3v) is 5.11. The van der Waals surface area contributed by atoms with E-state index in [4.69, 9.17) is 0 Å². The van der Waals surface area contributed by atoms with Crippen molar-refractivity contribution in [1.82, 2.24) is 5.32 Å². The van der Waals surface area contributed by atoms with Crippen molar-refractivity contribution in [3.63, 3.8) is 0 Å². The van der Waals surface area contributed by atoms with Crippen LogP contribution in [0.15, 0.2) is 23.1 Å². The number of hydrogen-bond donors (Lipinski definition) is 1. The number of thioether (sulfide) groups is 1. The summed E-state index contributed by atoms with van der Waals surface area (Å²) in [4.78, 5) is 0.859. The van der Waals surface area contributed by atoms with Gasteiger partial charge in [0, 0.05) is 17.2 Å². The Bertz CT molecular complexity index is 388. The van der Waals surface area contributed by atoms with Crippen molar-refractivity contribution in [3.8, 4) is 0 Å². The fourth-order valence-electron chi connectivity index (χ4n) is 2.63. The van der Waals surface area contributed by atoms with Crippen LogP contribution in [0, 0.1) is 11.7 Å². The van der Waals surface area contributed by atoms with Crippen LogP contribution in [0.2, 0.25) is 0 Å². The second-order valence-electron chi connectivity index (χ2n) is 5.37. The summed E-state index contributed by atoms with van der Waals surface area (Å²) >= 11 is 1.71. The Labute approximate surface area is 120 Å². The van der Waals surface area contributed by atoms with Gasteiger partial charge in [0.15, 0.2) is 0 Å². The minimum Gasteiger partial charge on any atom is -0.313 e. The molecule has 0 bridgehead atoms. The van der Waals surface area contributed by atoms with Crippen molar-refractivity contribution < 1.29 is 4.39 Å². The number of hydrogen-bond acceptors (Lipinski definition) is 2. The highest BCUT2D eigenvalue weighted by molar-refractivity contribution is 7.99. The summed E-state index contributed by atoms with van der Waals surface area (Å²) in [6.45, 7) is 3.91. The fourth-order valence-corrected chi connectivity index (χ4v) is 3.90. The summed E-state index contributed by atoms with van der Waals surface area (Å²) in [5.41, 5.74) is 1.11. The maximum Gasteiger partial charge on any atom is 0.137 e. The van der Waals surface area contributed by atoms with Gasteiger partial charge in [-0.2, -0.15) is 0 Å². The van der Waals surface area contributed by atoms with E-state index in [0.717, 1.165) is 41.6 Å². The summed E-state index contributed by atoms with van der Waals surface area (Å²) in [6.07, 6.45) is 6.47. The molecule has 0 aromatic heterocycles. The summed E-state index contributed by atoms with van der Waals surface area (Å²) in [7, 11) is 0. The van der Waals surface area contributed by atoms with Crippen LogP contribution >= 0.6 is 11.8 Å². The zero-order chi connectivity index (χ0) is 13.5. The van der Waals surface area contributed by atoms with E-state index in [9.17, 15) is 4.39 Å². The lowest BCUT2D eigenvalue weighted by Crippen LogP contribution is -2.14. The Kier molecular flexibility index (Phi) is 6.18. The van der Waals surface area contributed by atoms with Gasteiger partial charge in [0.1, 0.15) is 5.82 Å². The molecule has 0 radical (unpaired) electrons. The van der Waals surface area contributed by atoms with Crippen molar-refractivity contribution in [2.75, 3.05) is 12.3 Å². The maximum absolute atomic E-state index is 14.0. The normalized spacial score (nSPS) is 16.1. The highest BCUT2D eigenvalue weighted by Crippen LogP contribution is 2.33. The van der Waals surface area contributed by atoms with Gasteiger partial charge >= 0.3 is 0 Å². The first-order valence-corrected chi connectivity index (χ1v) is 8.40. The monoisotopic (exact) mass is 281 g/mol. The standard InChI is InChI=1S/C16H24FNS/c1-2-10-18-11-14-8-5-9-15(17)16(14)19-12-13-6-3-4-7-13/h5,8-9,13,18H,2-4,6-7,10-12H2,1H3. The van der Waals surface area contributed by atoms with Crippen LogP contribution in [0.3, 0.4) is 0 Å². The molecule has 0 amide bonds. The highest BCUT2D eigenvalue weighted by atomic mass is 32.2. The molecule has 19 heavy (non-hydrogen) atoms. The predicted octanol–water partition coefficient (Wildman–Crippen LogP) is 4.61. The van der Waals surface area contributed by atoms with Crippen LogP contribution in [0.1, 0.15) is 44.6 Å². The molecule has 0 saturated heterocycles. The minimum absolute atomic E-state index is 0.0567. The topological polar surface area (TPSA) is 12.0 Å². The molecule has 1 nitrogen and oxygen atoms in total. The van der Waals surface area contributed by atoms with Crippen LogP contribution in [-0.4, -0.2) is 12.3 Å². The number of halogens is 1. The molecule has 3 heteroatoms. The molecule has 1 aliphatic carbocycles. The van der Waals surface area contributed by atoms with Gasteiger partial charge in [0.2, 0.25) is 0 Å². The second-order valence-corrected chi connectivity index (χ2v) is 6.40. The molecule has 1 aromatic carbocycles. The third kappa shape index (κ3) is 4.50. The first kappa shape index (κ1) is 14.9. The van der Waals surface area contributed by atoms with Gasteiger partial charge in [-0.25, -0.2) is 4.39 Å². The lowest BCUT2D eigenvalue weighted by Gasteiger charge is -2.13. The van der Waals surface area contributed by atoms with Gasteiger partial charge in [0.05, 0.1) is 0 Å². The minimum atomic E-state index is -0.0567. The molecule has 1 aromatic rings. The van der Waals surface area contributed by atoms with Crippen molar-refractivity contribution in [2.45, 2.75) is 50.5 Å². The summed E-state index contributed by atoms with van der Waals surface area (Å²) in [5, 5.41) is 3.37. The zero-order valence-electron chi connectivity index (χ0n) is 11.8. The quantitative estimate of drug-likeness (QED) is 0.578. The van der Waals surface area contributed by atoms with E-state index >= 15 is 0 Å². The van der Waals surface area contributed by atoms with Gasteiger partial charge in [-0.3, -0.25) is 0 Å². The van der Waals surface area contributed by atoms with Crippen molar-refractivity contribution in [2.24, 2.45) is 5.92 Å². The molecule has 1 N–H and O–H groups in total. The first-order chi connectivity index (χ1) is 9.31. The summed E-state index contributed by atoms with van der Waals surface area (Å²) in [6, 6.07) is 5.45. The Morgan fingerprint density at radius 2 is 2.11 bits per heavy atom. The molecule has 0 unspecified atom stereocenters. The average Bonchev–Trinajstić information content (AvgIpc) is 2.91. The fraction of sp³-hybridized carbons (Fsp3) is 0.625. The van der Waals surface area contributed by atoms with Crippen LogP contribution in [0.5, 0.6) is 0 Å². The Hall–Kier alpha value is -0.540. The molecule has 106 valence electrons. The predicted molar refractivity (Wildman–Crippen MR) is 81.1 cm³/mol. The molecule has 1 aliphatic rings. The largest absolute Gasteiger partial charge is 0.313 e. The number of rotatable bonds is 7. The SMILES string of the molecule is CCCNCc1cccc(F)c1SCC1CCCC1. The van der Waals surface area contributed by atoms with Crippen molar-refractivity contribution in [3.05, 3.63) is 29.6 Å². The molecule has 1 saturated carbocycles. The Morgan fingerprint density at radius 3 is 2.84 bits per heavy atom. The summed E-state index contributed by atoms with van der Waals surface area (Å²) < 4.78 is 14.0. The van der Waals surface area contributed by atoms with E-state index in [0.29, 0.717) is 0 Å². The number of nitrogens with one attached hydrogen (secondary N) is 1. The van der Waals surface area contributed by atoms with E-state index in [-0.39, 0.29) is 5.82 Å². The van der Waals surface area contributed by atoms with Gasteiger partial charge in [-0.1, -0.05) is 31.9 Å². The first-order valence-electron chi connectivity index (χ1n) is 7.42. The molecular formula is C16H24FNS. The van der Waals surface area contributed by atoms with E-state index in [1.165, 1.54) is 25.7 Å². The molecular weight excluding hydrogens is 257 g/mol. The summed E-state index contributed by atoms with van der Waals surface area (Å²) in [5.74, 6) is 1.81. The molecule has 0 heterocycles. The Balaban J connectivity index is 1.95. The lowest BCUT2D eigenvalue weighted by molar-refractivity contribution is 0.586. The van der Waals surface area contributed by atoms with E-state index < -0.39 is 0 Å². The average molecular weight is 281 g/mol. The molecule has 1 fully saturated rings. The third-order valence-electron chi connectivity index (χ3n) is 3.73. The molecule has 0 atom stereocenters. The van der Waals surface area contributed by atoms with E-state index in [1.807, 2.05) is 12.1 Å². The molecule has 0 aliphatic heterocycles. The van der Waals surface area contributed by atoms with Gasteiger partial charge in [-0.05, 0) is 43.4 Å². The van der Waals surface area contributed by atoms with Gasteiger partial charge in [0.25, 0.3) is 0 Å². The maximum atomic E-state index is 14.0. The van der Waals surface area contributed by atoms with E-state index in [2.05, 4.69) is 12.2 Å².